The summed E-state index contributed by atoms with van der Waals surface area (Å²) in [5.74, 6) is 0.950. The highest BCUT2D eigenvalue weighted by atomic mass is 32.2. The molecule has 0 amide bonds. The molecule has 5 nitrogen and oxygen atoms in total. The maximum atomic E-state index is 6.03. The van der Waals surface area contributed by atoms with E-state index in [1.54, 1.807) is 0 Å². The van der Waals surface area contributed by atoms with Gasteiger partial charge in [0.1, 0.15) is 0 Å². The number of guanidine groups is 1. The van der Waals surface area contributed by atoms with E-state index >= 15 is 0 Å². The van der Waals surface area contributed by atoms with Crippen molar-refractivity contribution in [2.75, 3.05) is 39.7 Å². The molecule has 2 saturated carbocycles. The molecule has 0 aromatic rings. The molecule has 25 heavy (non-hydrogen) atoms. The zero-order valence-corrected chi connectivity index (χ0v) is 16.9. The third-order valence-electron chi connectivity index (χ3n) is 6.64. The van der Waals surface area contributed by atoms with Crippen LogP contribution in [-0.4, -0.2) is 62.5 Å². The van der Waals surface area contributed by atoms with Gasteiger partial charge in [-0.15, -0.1) is 0 Å². The van der Waals surface area contributed by atoms with Crippen LogP contribution in [0.25, 0.3) is 0 Å². The van der Waals surface area contributed by atoms with Gasteiger partial charge in [-0.2, -0.15) is 11.8 Å². The van der Waals surface area contributed by atoms with Crippen molar-refractivity contribution in [3.8, 4) is 0 Å². The van der Waals surface area contributed by atoms with Crippen LogP contribution in [0.15, 0.2) is 4.99 Å². The lowest BCUT2D eigenvalue weighted by Crippen LogP contribution is -2.65. The van der Waals surface area contributed by atoms with Crippen molar-refractivity contribution in [3.63, 3.8) is 0 Å². The van der Waals surface area contributed by atoms with Crippen LogP contribution >= 0.6 is 11.8 Å². The summed E-state index contributed by atoms with van der Waals surface area (Å²) in [6, 6.07) is 0.498. The number of nitrogens with one attached hydrogen (secondary N) is 2. The molecule has 2 unspecified atom stereocenters. The molecule has 3 rings (SSSR count). The van der Waals surface area contributed by atoms with Gasteiger partial charge >= 0.3 is 0 Å². The predicted octanol–water partition coefficient (Wildman–Crippen LogP) is 2.80. The Bertz CT molecular complexity index is 460. The van der Waals surface area contributed by atoms with Crippen molar-refractivity contribution in [1.82, 2.24) is 10.6 Å². The maximum absolute atomic E-state index is 6.03. The summed E-state index contributed by atoms with van der Waals surface area (Å²) >= 11 is 1.96. The van der Waals surface area contributed by atoms with Gasteiger partial charge in [0, 0.05) is 49.6 Å². The molecule has 3 fully saturated rings. The summed E-state index contributed by atoms with van der Waals surface area (Å²) in [5, 5.41) is 7.33. The standard InChI is InChI=1S/C19H35N3O2S/c1-4-24-16-13-15(19(16)7-5-6-8-19)22-17(20-2)21-14-18(25-3)9-11-23-12-10-18/h15-16H,4-14H2,1-3H3,(H2,20,21,22). The van der Waals surface area contributed by atoms with Gasteiger partial charge in [-0.1, -0.05) is 12.8 Å². The highest BCUT2D eigenvalue weighted by Gasteiger charge is 2.57. The van der Waals surface area contributed by atoms with E-state index in [-0.39, 0.29) is 4.75 Å². The molecule has 1 saturated heterocycles. The Morgan fingerprint density at radius 1 is 1.24 bits per heavy atom. The largest absolute Gasteiger partial charge is 0.381 e. The lowest BCUT2D eigenvalue weighted by Gasteiger charge is -2.54. The van der Waals surface area contributed by atoms with Gasteiger partial charge in [0.15, 0.2) is 5.96 Å². The van der Waals surface area contributed by atoms with Crippen LogP contribution in [0.1, 0.15) is 51.9 Å². The first kappa shape index (κ1) is 19.3. The van der Waals surface area contributed by atoms with E-state index in [4.69, 9.17) is 9.47 Å². The van der Waals surface area contributed by atoms with Crippen LogP contribution in [0.3, 0.4) is 0 Å². The summed E-state index contributed by atoms with van der Waals surface area (Å²) < 4.78 is 11.9. The summed E-state index contributed by atoms with van der Waals surface area (Å²) in [5.41, 5.74) is 0.337. The molecule has 2 N–H and O–H groups in total. The maximum Gasteiger partial charge on any atom is 0.191 e. The van der Waals surface area contributed by atoms with Crippen molar-refractivity contribution in [2.45, 2.75) is 68.8 Å². The highest BCUT2D eigenvalue weighted by molar-refractivity contribution is 8.00. The van der Waals surface area contributed by atoms with E-state index in [1.807, 2.05) is 18.8 Å². The smallest absolute Gasteiger partial charge is 0.191 e. The average molecular weight is 370 g/mol. The Morgan fingerprint density at radius 2 is 1.96 bits per heavy atom. The van der Waals surface area contributed by atoms with Gasteiger partial charge in [-0.25, -0.2) is 0 Å². The van der Waals surface area contributed by atoms with Gasteiger partial charge < -0.3 is 20.1 Å². The van der Waals surface area contributed by atoms with Gasteiger partial charge in [-0.3, -0.25) is 4.99 Å². The molecule has 3 aliphatic rings. The number of hydrogen-bond donors (Lipinski definition) is 2. The van der Waals surface area contributed by atoms with Crippen molar-refractivity contribution in [3.05, 3.63) is 0 Å². The first-order valence-corrected chi connectivity index (χ1v) is 11.1. The molecule has 144 valence electrons. The molecule has 2 atom stereocenters. The normalized spacial score (nSPS) is 30.9. The van der Waals surface area contributed by atoms with E-state index in [0.29, 0.717) is 17.6 Å². The molecular formula is C19H35N3O2S. The van der Waals surface area contributed by atoms with Gasteiger partial charge in [0.05, 0.1) is 6.10 Å². The zero-order valence-electron chi connectivity index (χ0n) is 16.1. The minimum atomic E-state index is 0.272. The fraction of sp³-hybridized carbons (Fsp3) is 0.947. The average Bonchev–Trinajstić information content (AvgIpc) is 3.17. The summed E-state index contributed by atoms with van der Waals surface area (Å²) in [7, 11) is 1.88. The molecule has 2 aliphatic carbocycles. The Labute approximate surface area is 157 Å². The Kier molecular flexibility index (Phi) is 6.55. The first-order valence-electron chi connectivity index (χ1n) is 9.90. The number of aliphatic imine (C=N–C) groups is 1. The number of ether oxygens (including phenoxy) is 2. The SMILES string of the molecule is CCOC1CC(NC(=NC)NCC2(SC)CCOCC2)C12CCCC2. The van der Waals surface area contributed by atoms with Crippen LogP contribution < -0.4 is 10.6 Å². The molecule has 1 spiro atoms. The van der Waals surface area contributed by atoms with Crippen LogP contribution in [0.5, 0.6) is 0 Å². The number of nitrogens with zero attached hydrogens (tertiary/aromatic N) is 1. The molecular weight excluding hydrogens is 334 g/mol. The summed E-state index contributed by atoms with van der Waals surface area (Å²) in [4.78, 5) is 4.50. The van der Waals surface area contributed by atoms with Crippen LogP contribution in [0, 0.1) is 5.41 Å². The molecule has 1 aliphatic heterocycles. The third-order valence-corrected chi connectivity index (χ3v) is 8.06. The van der Waals surface area contributed by atoms with E-state index in [9.17, 15) is 0 Å². The number of rotatable bonds is 6. The van der Waals surface area contributed by atoms with Crippen molar-refractivity contribution >= 4 is 17.7 Å². The van der Waals surface area contributed by atoms with Crippen molar-refractivity contribution in [2.24, 2.45) is 10.4 Å². The van der Waals surface area contributed by atoms with Crippen LogP contribution in [0.2, 0.25) is 0 Å². The second kappa shape index (κ2) is 8.49. The molecule has 0 aromatic carbocycles. The monoisotopic (exact) mass is 369 g/mol. The highest BCUT2D eigenvalue weighted by Crippen LogP contribution is 2.54. The van der Waals surface area contributed by atoms with Crippen LogP contribution in [0.4, 0.5) is 0 Å². The molecule has 1 heterocycles. The third kappa shape index (κ3) is 3.96. The quantitative estimate of drug-likeness (QED) is 0.557. The number of thioether (sulfide) groups is 1. The lowest BCUT2D eigenvalue weighted by molar-refractivity contribution is -0.125. The van der Waals surface area contributed by atoms with E-state index < -0.39 is 0 Å². The van der Waals surface area contributed by atoms with E-state index in [1.165, 1.54) is 25.7 Å². The Morgan fingerprint density at radius 3 is 2.56 bits per heavy atom. The van der Waals surface area contributed by atoms with Crippen LogP contribution in [-0.2, 0) is 9.47 Å². The fourth-order valence-electron chi connectivity index (χ4n) is 4.89. The topological polar surface area (TPSA) is 54.9 Å². The van der Waals surface area contributed by atoms with E-state index in [0.717, 1.165) is 51.6 Å². The fourth-order valence-corrected chi connectivity index (χ4v) is 5.68. The minimum absolute atomic E-state index is 0.272. The van der Waals surface area contributed by atoms with Gasteiger partial charge in [0.25, 0.3) is 0 Å². The molecule has 0 radical (unpaired) electrons. The van der Waals surface area contributed by atoms with Gasteiger partial charge in [-0.05, 0) is 45.3 Å². The predicted molar refractivity (Wildman–Crippen MR) is 106 cm³/mol. The molecule has 0 bridgehead atoms. The second-order valence-corrected chi connectivity index (χ2v) is 9.02. The van der Waals surface area contributed by atoms with Crippen molar-refractivity contribution < 1.29 is 9.47 Å². The Hall–Kier alpha value is -0.460. The van der Waals surface area contributed by atoms with Crippen molar-refractivity contribution in [1.29, 1.82) is 0 Å². The summed E-state index contributed by atoms with van der Waals surface area (Å²) in [6.07, 6.45) is 11.2. The number of hydrogen-bond acceptors (Lipinski definition) is 4. The zero-order chi connectivity index (χ0) is 17.8. The second-order valence-electron chi connectivity index (χ2n) is 7.74. The Balaban J connectivity index is 1.55. The lowest BCUT2D eigenvalue weighted by atomic mass is 9.60. The first-order chi connectivity index (χ1) is 12.2. The molecule has 0 aromatic heterocycles. The van der Waals surface area contributed by atoms with Gasteiger partial charge in [0.2, 0.25) is 0 Å². The van der Waals surface area contributed by atoms with E-state index in [2.05, 4.69) is 28.8 Å². The summed E-state index contributed by atoms with van der Waals surface area (Å²) in [6.45, 7) is 5.63. The minimum Gasteiger partial charge on any atom is -0.381 e. The molecule has 6 heteroatoms.